The summed E-state index contributed by atoms with van der Waals surface area (Å²) in [4.78, 5) is 12.9. The van der Waals surface area contributed by atoms with Gasteiger partial charge in [-0.15, -0.1) is 0 Å². The second kappa shape index (κ2) is 5.01. The Bertz CT molecular complexity index is 428. The van der Waals surface area contributed by atoms with Gasteiger partial charge in [0.2, 0.25) is 5.91 Å². The number of amides is 1. The van der Waals surface area contributed by atoms with E-state index in [0.29, 0.717) is 25.0 Å². The van der Waals surface area contributed by atoms with Crippen LogP contribution in [0.25, 0.3) is 0 Å². The van der Waals surface area contributed by atoms with Crippen molar-refractivity contribution in [2.45, 2.75) is 25.6 Å². The molecule has 1 unspecified atom stereocenters. The van der Waals surface area contributed by atoms with E-state index in [4.69, 9.17) is 5.73 Å². The Morgan fingerprint density at radius 1 is 1.41 bits per heavy atom. The summed E-state index contributed by atoms with van der Waals surface area (Å²) in [6, 6.07) is 9.81. The molecule has 0 aliphatic carbocycles. The van der Waals surface area contributed by atoms with Gasteiger partial charge in [0, 0.05) is 18.3 Å². The molecule has 0 bridgehead atoms. The van der Waals surface area contributed by atoms with Crippen LogP contribution < -0.4 is 5.73 Å². The third-order valence-electron chi connectivity index (χ3n) is 2.90. The molecule has 0 radical (unpaired) electrons. The van der Waals surface area contributed by atoms with Crippen LogP contribution in [0.3, 0.4) is 0 Å². The SMILES string of the molecule is NC(=O)C1=CN(Cc2ccccc2)C(O)CC1. The summed E-state index contributed by atoms with van der Waals surface area (Å²) in [5.74, 6) is -0.407. The van der Waals surface area contributed by atoms with Gasteiger partial charge in [-0.2, -0.15) is 0 Å². The van der Waals surface area contributed by atoms with E-state index in [1.807, 2.05) is 30.3 Å². The van der Waals surface area contributed by atoms with Gasteiger partial charge in [-0.25, -0.2) is 0 Å². The predicted octanol–water partition coefficient (Wildman–Crippen LogP) is 0.970. The molecule has 0 fully saturated rings. The lowest BCUT2D eigenvalue weighted by Crippen LogP contribution is -2.35. The summed E-state index contributed by atoms with van der Waals surface area (Å²) < 4.78 is 0. The number of aliphatic hydroxyl groups excluding tert-OH is 1. The largest absolute Gasteiger partial charge is 0.374 e. The molecule has 0 spiro atoms. The van der Waals surface area contributed by atoms with E-state index in [1.165, 1.54) is 0 Å². The fraction of sp³-hybridized carbons (Fsp3) is 0.308. The van der Waals surface area contributed by atoms with Crippen LogP contribution in [-0.2, 0) is 11.3 Å². The zero-order chi connectivity index (χ0) is 12.3. The number of hydrogen-bond donors (Lipinski definition) is 2. The molecule has 0 saturated heterocycles. The fourth-order valence-corrected chi connectivity index (χ4v) is 1.93. The number of hydrogen-bond acceptors (Lipinski definition) is 3. The van der Waals surface area contributed by atoms with Crippen LogP contribution in [0.2, 0.25) is 0 Å². The van der Waals surface area contributed by atoms with Gasteiger partial charge in [-0.05, 0) is 18.4 Å². The molecule has 1 heterocycles. The van der Waals surface area contributed by atoms with Gasteiger partial charge in [0.25, 0.3) is 0 Å². The summed E-state index contributed by atoms with van der Waals surface area (Å²) in [5.41, 5.74) is 6.92. The highest BCUT2D eigenvalue weighted by Crippen LogP contribution is 2.20. The minimum absolute atomic E-state index is 0.407. The average Bonchev–Trinajstić information content (AvgIpc) is 2.33. The third-order valence-corrected chi connectivity index (χ3v) is 2.90. The smallest absolute Gasteiger partial charge is 0.246 e. The first kappa shape index (κ1) is 11.7. The lowest BCUT2D eigenvalue weighted by atomic mass is 10.0. The number of nitrogens with two attached hydrogens (primary N) is 1. The zero-order valence-corrected chi connectivity index (χ0v) is 9.54. The predicted molar refractivity (Wildman–Crippen MR) is 64.5 cm³/mol. The number of carbonyl (C=O) groups is 1. The molecule has 0 saturated carbocycles. The van der Waals surface area contributed by atoms with Crippen LogP contribution >= 0.6 is 0 Å². The maximum atomic E-state index is 11.1. The first-order valence-electron chi connectivity index (χ1n) is 5.65. The number of aliphatic hydroxyl groups is 1. The van der Waals surface area contributed by atoms with Crippen molar-refractivity contribution in [1.29, 1.82) is 0 Å². The lowest BCUT2D eigenvalue weighted by Gasteiger charge is -2.31. The summed E-state index contributed by atoms with van der Waals surface area (Å²) >= 11 is 0. The Morgan fingerprint density at radius 2 is 2.12 bits per heavy atom. The summed E-state index contributed by atoms with van der Waals surface area (Å²) in [6.07, 6.45) is 2.21. The number of benzene rings is 1. The van der Waals surface area contributed by atoms with E-state index in [-0.39, 0.29) is 0 Å². The molecule has 1 atom stereocenters. The summed E-state index contributed by atoms with van der Waals surface area (Å²) in [6.45, 7) is 0.582. The molecule has 17 heavy (non-hydrogen) atoms. The second-order valence-corrected chi connectivity index (χ2v) is 4.20. The van der Waals surface area contributed by atoms with Crippen molar-refractivity contribution in [3.05, 3.63) is 47.7 Å². The first-order valence-corrected chi connectivity index (χ1v) is 5.65. The van der Waals surface area contributed by atoms with Crippen molar-refractivity contribution in [3.63, 3.8) is 0 Å². The van der Waals surface area contributed by atoms with Crippen molar-refractivity contribution in [1.82, 2.24) is 4.90 Å². The highest BCUT2D eigenvalue weighted by atomic mass is 16.3. The van der Waals surface area contributed by atoms with Crippen molar-refractivity contribution in [2.75, 3.05) is 0 Å². The lowest BCUT2D eigenvalue weighted by molar-refractivity contribution is -0.115. The molecule has 2 rings (SSSR count). The Hall–Kier alpha value is -1.81. The Kier molecular flexibility index (Phi) is 3.44. The molecule has 0 aromatic heterocycles. The second-order valence-electron chi connectivity index (χ2n) is 4.20. The van der Waals surface area contributed by atoms with Gasteiger partial charge in [0.05, 0.1) is 0 Å². The molecular formula is C13H16N2O2. The minimum atomic E-state index is -0.543. The number of nitrogens with zero attached hydrogens (tertiary/aromatic N) is 1. The molecule has 1 aromatic rings. The normalized spacial score (nSPS) is 19.9. The first-order chi connectivity index (χ1) is 8.16. The standard InChI is InChI=1S/C13H16N2O2/c14-13(17)11-6-7-12(16)15(9-11)8-10-4-2-1-3-5-10/h1-5,9,12,16H,6-8H2,(H2,14,17). The van der Waals surface area contributed by atoms with E-state index in [0.717, 1.165) is 5.56 Å². The van der Waals surface area contributed by atoms with E-state index >= 15 is 0 Å². The molecule has 3 N–H and O–H groups in total. The van der Waals surface area contributed by atoms with Crippen LogP contribution in [0.5, 0.6) is 0 Å². The van der Waals surface area contributed by atoms with E-state index in [1.54, 1.807) is 11.1 Å². The molecule has 1 aromatic carbocycles. The van der Waals surface area contributed by atoms with Crippen LogP contribution in [0.1, 0.15) is 18.4 Å². The van der Waals surface area contributed by atoms with Gasteiger partial charge in [0.1, 0.15) is 6.23 Å². The quantitative estimate of drug-likeness (QED) is 0.816. The van der Waals surface area contributed by atoms with Gasteiger partial charge >= 0.3 is 0 Å². The minimum Gasteiger partial charge on any atom is -0.374 e. The maximum Gasteiger partial charge on any atom is 0.246 e. The molecule has 1 aliphatic rings. The Balaban J connectivity index is 2.13. The molecule has 90 valence electrons. The van der Waals surface area contributed by atoms with Crippen molar-refractivity contribution in [2.24, 2.45) is 5.73 Å². The number of carbonyl (C=O) groups excluding carboxylic acids is 1. The highest BCUT2D eigenvalue weighted by Gasteiger charge is 2.21. The average molecular weight is 232 g/mol. The zero-order valence-electron chi connectivity index (χ0n) is 9.54. The highest BCUT2D eigenvalue weighted by molar-refractivity contribution is 5.91. The maximum absolute atomic E-state index is 11.1. The Labute approximate surface area is 100 Å². The van der Waals surface area contributed by atoms with Crippen molar-refractivity contribution >= 4 is 5.91 Å². The number of rotatable bonds is 3. The van der Waals surface area contributed by atoms with Gasteiger partial charge in [0.15, 0.2) is 0 Å². The van der Waals surface area contributed by atoms with Crippen LogP contribution in [-0.4, -0.2) is 22.1 Å². The monoisotopic (exact) mass is 232 g/mol. The van der Waals surface area contributed by atoms with Crippen molar-refractivity contribution < 1.29 is 9.90 Å². The van der Waals surface area contributed by atoms with Crippen LogP contribution in [0, 0.1) is 0 Å². The van der Waals surface area contributed by atoms with Crippen LogP contribution in [0.4, 0.5) is 0 Å². The van der Waals surface area contributed by atoms with Gasteiger partial charge < -0.3 is 15.7 Å². The molecule has 1 amide bonds. The summed E-state index contributed by atoms with van der Waals surface area (Å²) in [5, 5.41) is 9.86. The van der Waals surface area contributed by atoms with Gasteiger partial charge in [-0.1, -0.05) is 30.3 Å². The van der Waals surface area contributed by atoms with Crippen molar-refractivity contribution in [3.8, 4) is 0 Å². The fourth-order valence-electron chi connectivity index (χ4n) is 1.93. The number of primary amides is 1. The molecule has 4 heteroatoms. The summed E-state index contributed by atoms with van der Waals surface area (Å²) in [7, 11) is 0. The van der Waals surface area contributed by atoms with E-state index < -0.39 is 12.1 Å². The van der Waals surface area contributed by atoms with Crippen LogP contribution in [0.15, 0.2) is 42.1 Å². The topological polar surface area (TPSA) is 66.6 Å². The molecular weight excluding hydrogens is 216 g/mol. The Morgan fingerprint density at radius 3 is 2.76 bits per heavy atom. The molecule has 4 nitrogen and oxygen atoms in total. The van der Waals surface area contributed by atoms with E-state index in [9.17, 15) is 9.90 Å². The van der Waals surface area contributed by atoms with Gasteiger partial charge in [-0.3, -0.25) is 4.79 Å². The molecule has 1 aliphatic heterocycles. The van der Waals surface area contributed by atoms with E-state index in [2.05, 4.69) is 0 Å². The third kappa shape index (κ3) is 2.85.